The molecular formula is C29H31OP. The summed E-state index contributed by atoms with van der Waals surface area (Å²) in [7, 11) is 0. The van der Waals surface area contributed by atoms with Crippen molar-refractivity contribution in [1.82, 2.24) is 0 Å². The van der Waals surface area contributed by atoms with E-state index in [0.717, 1.165) is 18.3 Å². The Morgan fingerprint density at radius 2 is 0.903 bits per heavy atom. The molecule has 0 amide bonds. The van der Waals surface area contributed by atoms with Crippen LogP contribution in [0, 0.1) is 0 Å². The molecule has 0 aliphatic rings. The van der Waals surface area contributed by atoms with E-state index in [0.29, 0.717) is 0 Å². The van der Waals surface area contributed by atoms with E-state index in [1.54, 1.807) is 0 Å². The van der Waals surface area contributed by atoms with Gasteiger partial charge in [0.25, 0.3) is 0 Å². The molecule has 0 fully saturated rings. The van der Waals surface area contributed by atoms with Crippen LogP contribution in [0.5, 0.6) is 5.75 Å². The van der Waals surface area contributed by atoms with Crippen LogP contribution in [-0.2, 0) is 0 Å². The number of hydrogen-bond acceptors (Lipinski definition) is 1. The van der Waals surface area contributed by atoms with Crippen molar-refractivity contribution in [2.24, 2.45) is 0 Å². The maximum absolute atomic E-state index is 7.43. The Labute approximate surface area is 186 Å². The van der Waals surface area contributed by atoms with Crippen LogP contribution in [0.15, 0.2) is 121 Å². The van der Waals surface area contributed by atoms with E-state index in [1.807, 2.05) is 6.07 Å². The van der Waals surface area contributed by atoms with Crippen molar-refractivity contribution in [2.45, 2.75) is 26.2 Å². The van der Waals surface area contributed by atoms with E-state index in [4.69, 9.17) is 4.52 Å². The molecule has 0 radical (unpaired) electrons. The van der Waals surface area contributed by atoms with Gasteiger partial charge in [-0.3, -0.25) is 0 Å². The first-order valence-electron chi connectivity index (χ1n) is 11.2. The van der Waals surface area contributed by atoms with Gasteiger partial charge in [-0.1, -0.05) is 0 Å². The van der Waals surface area contributed by atoms with Crippen molar-refractivity contribution < 1.29 is 4.52 Å². The zero-order chi connectivity index (χ0) is 21.4. The van der Waals surface area contributed by atoms with Crippen LogP contribution >= 0.6 is 6.83 Å². The molecule has 0 atom stereocenters. The van der Waals surface area contributed by atoms with Crippen LogP contribution in [0.2, 0.25) is 0 Å². The number of benzene rings is 4. The summed E-state index contributed by atoms with van der Waals surface area (Å²) in [5.74, 6) is 0.924. The van der Waals surface area contributed by atoms with Crippen molar-refractivity contribution in [3.8, 4) is 5.75 Å². The first kappa shape index (κ1) is 21.3. The quantitative estimate of drug-likeness (QED) is 0.214. The first-order valence-corrected chi connectivity index (χ1v) is 13.6. The summed E-state index contributed by atoms with van der Waals surface area (Å²) in [6.07, 6.45) is 4.45. The van der Waals surface area contributed by atoms with E-state index in [9.17, 15) is 0 Å². The Morgan fingerprint density at radius 3 is 1.29 bits per heavy atom. The molecule has 4 rings (SSSR count). The number of rotatable bonds is 9. The molecular weight excluding hydrogens is 395 g/mol. The molecule has 1 nitrogen and oxygen atoms in total. The Kier molecular flexibility index (Phi) is 6.54. The van der Waals surface area contributed by atoms with Crippen LogP contribution in [0.3, 0.4) is 0 Å². The minimum atomic E-state index is -3.27. The molecule has 0 N–H and O–H groups in total. The third-order valence-electron chi connectivity index (χ3n) is 6.15. The summed E-state index contributed by atoms with van der Waals surface area (Å²) >= 11 is 0. The molecule has 0 aliphatic carbocycles. The number of hydrogen-bond donors (Lipinski definition) is 0. The van der Waals surface area contributed by atoms with Gasteiger partial charge >= 0.3 is 187 Å². The Hall–Kier alpha value is -2.89. The molecule has 0 aliphatic heterocycles. The minimum absolute atomic E-state index is 0.924. The average Bonchev–Trinajstić information content (AvgIpc) is 2.86. The molecule has 0 aromatic heterocycles. The van der Waals surface area contributed by atoms with Crippen molar-refractivity contribution in [3.63, 3.8) is 0 Å². The molecule has 0 saturated heterocycles. The van der Waals surface area contributed by atoms with E-state index >= 15 is 0 Å². The third-order valence-corrected chi connectivity index (χ3v) is 12.1. The Morgan fingerprint density at radius 1 is 0.516 bits per heavy atom. The fourth-order valence-electron chi connectivity index (χ4n) is 4.65. The van der Waals surface area contributed by atoms with Gasteiger partial charge in [-0.15, -0.1) is 0 Å². The van der Waals surface area contributed by atoms with Crippen LogP contribution < -0.4 is 20.4 Å². The Bertz CT molecular complexity index is 963. The van der Waals surface area contributed by atoms with Gasteiger partial charge in [-0.25, -0.2) is 0 Å². The van der Waals surface area contributed by atoms with Crippen LogP contribution in [0.1, 0.15) is 26.2 Å². The standard InChI is InChI=1S/C29H31OP/c1-2-3-16-25-31(27-19-10-5-11-20-27,28-21-12-6-13-22-28,29-23-14-7-15-24-29)30-26-17-8-4-9-18-26/h4-15,17-24H,2-3,16,25H2,1H3. The summed E-state index contributed by atoms with van der Waals surface area (Å²) in [5, 5.41) is 3.85. The monoisotopic (exact) mass is 426 g/mol. The molecule has 0 saturated carbocycles. The molecule has 4 aromatic rings. The van der Waals surface area contributed by atoms with Crippen LogP contribution in [0.4, 0.5) is 0 Å². The van der Waals surface area contributed by atoms with Gasteiger partial charge in [0.2, 0.25) is 0 Å². The summed E-state index contributed by atoms with van der Waals surface area (Å²) in [6.45, 7) is -1.01. The number of unbranched alkanes of at least 4 members (excludes halogenated alkanes) is 2. The predicted octanol–water partition coefficient (Wildman–Crippen LogP) is 6.70. The van der Waals surface area contributed by atoms with Crippen LogP contribution in [0.25, 0.3) is 0 Å². The average molecular weight is 427 g/mol. The van der Waals surface area contributed by atoms with Gasteiger partial charge in [-0.2, -0.15) is 0 Å². The molecule has 2 heteroatoms. The molecule has 0 heterocycles. The Balaban J connectivity index is 2.11. The second-order valence-corrected chi connectivity index (χ2v) is 12.7. The van der Waals surface area contributed by atoms with E-state index in [2.05, 4.69) is 122 Å². The first-order chi connectivity index (χ1) is 15.3. The zero-order valence-corrected chi connectivity index (χ0v) is 19.1. The fourth-order valence-corrected chi connectivity index (χ4v) is 10.5. The van der Waals surface area contributed by atoms with Crippen molar-refractivity contribution in [3.05, 3.63) is 121 Å². The molecule has 158 valence electrons. The molecule has 0 spiro atoms. The van der Waals surface area contributed by atoms with Crippen molar-refractivity contribution in [1.29, 1.82) is 0 Å². The van der Waals surface area contributed by atoms with E-state index in [1.165, 1.54) is 28.8 Å². The SMILES string of the molecule is CCCCCP(Oc1ccccc1)(c1ccccc1)(c1ccccc1)c1ccccc1. The summed E-state index contributed by atoms with van der Waals surface area (Å²) in [5.41, 5.74) is 0. The van der Waals surface area contributed by atoms with E-state index < -0.39 is 6.83 Å². The van der Waals surface area contributed by atoms with Crippen molar-refractivity contribution >= 4 is 22.7 Å². The van der Waals surface area contributed by atoms with Gasteiger partial charge in [0.15, 0.2) is 0 Å². The second-order valence-electron chi connectivity index (χ2n) is 8.05. The molecule has 31 heavy (non-hydrogen) atoms. The molecule has 0 unspecified atom stereocenters. The zero-order valence-electron chi connectivity index (χ0n) is 18.2. The third kappa shape index (κ3) is 3.91. The summed E-state index contributed by atoms with van der Waals surface area (Å²) in [4.78, 5) is 0. The van der Waals surface area contributed by atoms with Gasteiger partial charge in [-0.05, 0) is 0 Å². The normalized spacial score (nSPS) is 12.6. The summed E-state index contributed by atoms with van der Waals surface area (Å²) in [6, 6.07) is 43.2. The fraction of sp³-hybridized carbons (Fsp3) is 0.172. The molecule has 4 aromatic carbocycles. The topological polar surface area (TPSA) is 9.23 Å². The van der Waals surface area contributed by atoms with Gasteiger partial charge in [0, 0.05) is 0 Å². The number of para-hydroxylation sites is 1. The van der Waals surface area contributed by atoms with Gasteiger partial charge in [0.05, 0.1) is 0 Å². The summed E-state index contributed by atoms with van der Waals surface area (Å²) < 4.78 is 7.43. The second kappa shape index (κ2) is 9.50. The molecule has 0 bridgehead atoms. The van der Waals surface area contributed by atoms with E-state index in [-0.39, 0.29) is 0 Å². The maximum atomic E-state index is 7.43. The van der Waals surface area contributed by atoms with Crippen LogP contribution in [-0.4, -0.2) is 6.16 Å². The predicted molar refractivity (Wildman–Crippen MR) is 137 cm³/mol. The van der Waals surface area contributed by atoms with Crippen molar-refractivity contribution in [2.75, 3.05) is 6.16 Å². The van der Waals surface area contributed by atoms with Gasteiger partial charge < -0.3 is 0 Å². The van der Waals surface area contributed by atoms with Gasteiger partial charge in [0.1, 0.15) is 0 Å².